The molecule has 1 aromatic rings. The zero-order valence-electron chi connectivity index (χ0n) is 14.7. The summed E-state index contributed by atoms with van der Waals surface area (Å²) in [5.41, 5.74) is 9.16. The minimum atomic E-state index is -0.184. The summed E-state index contributed by atoms with van der Waals surface area (Å²) in [7, 11) is 1.71. The molecule has 1 saturated heterocycles. The van der Waals surface area contributed by atoms with Gasteiger partial charge in [0, 0.05) is 24.7 Å². The fraction of sp³-hybridized carbons (Fsp3) is 0.632. The maximum atomic E-state index is 11.9. The van der Waals surface area contributed by atoms with E-state index >= 15 is 0 Å². The molecule has 0 aromatic heterocycles. The summed E-state index contributed by atoms with van der Waals surface area (Å²) in [5.74, 6) is 1.93. The standard InChI is InChI=1S/C19H28N2O3/c1-3-24-19(22)21-11-9-13(10-12-21)15-8-7-14-5-4-6-16(23-2)17(14)18(15)20/h4-6,13,15,18H,3,7-12,20H2,1-2H3. The second-order valence-electron chi connectivity index (χ2n) is 6.78. The Hall–Kier alpha value is -1.75. The normalized spacial score (nSPS) is 24.4. The van der Waals surface area contributed by atoms with Crippen molar-refractivity contribution in [3.8, 4) is 5.75 Å². The van der Waals surface area contributed by atoms with Gasteiger partial charge in [-0.1, -0.05) is 12.1 Å². The van der Waals surface area contributed by atoms with Crippen LogP contribution in [-0.4, -0.2) is 37.8 Å². The van der Waals surface area contributed by atoms with Crippen molar-refractivity contribution in [1.29, 1.82) is 0 Å². The molecule has 1 heterocycles. The highest BCUT2D eigenvalue weighted by Crippen LogP contribution is 2.44. The number of piperidine rings is 1. The number of aryl methyl sites for hydroxylation is 1. The molecule has 0 spiro atoms. The van der Waals surface area contributed by atoms with Crippen molar-refractivity contribution < 1.29 is 14.3 Å². The summed E-state index contributed by atoms with van der Waals surface area (Å²) in [4.78, 5) is 13.7. The van der Waals surface area contributed by atoms with E-state index in [9.17, 15) is 4.79 Å². The molecule has 1 aliphatic heterocycles. The summed E-state index contributed by atoms with van der Waals surface area (Å²) < 4.78 is 10.7. The van der Waals surface area contributed by atoms with Crippen LogP contribution in [-0.2, 0) is 11.2 Å². The first-order chi connectivity index (χ1) is 11.7. The Balaban J connectivity index is 1.68. The maximum Gasteiger partial charge on any atom is 0.409 e. The lowest BCUT2D eigenvalue weighted by molar-refractivity contribution is 0.0789. The van der Waals surface area contributed by atoms with Crippen molar-refractivity contribution in [1.82, 2.24) is 4.90 Å². The second kappa shape index (κ2) is 7.43. The zero-order valence-corrected chi connectivity index (χ0v) is 14.7. The third-order valence-electron chi connectivity index (χ3n) is 5.59. The van der Waals surface area contributed by atoms with E-state index in [1.807, 2.05) is 24.0 Å². The van der Waals surface area contributed by atoms with Crippen LogP contribution in [0, 0.1) is 11.8 Å². The number of rotatable bonds is 3. The molecule has 1 fully saturated rings. The van der Waals surface area contributed by atoms with Crippen LogP contribution in [0.3, 0.4) is 0 Å². The Morgan fingerprint density at radius 2 is 2.04 bits per heavy atom. The Bertz CT molecular complexity index is 568. The molecule has 0 radical (unpaired) electrons. The van der Waals surface area contributed by atoms with Gasteiger partial charge in [0.2, 0.25) is 0 Å². The number of benzene rings is 1. The van der Waals surface area contributed by atoms with Gasteiger partial charge in [-0.15, -0.1) is 0 Å². The first kappa shape index (κ1) is 17.1. The predicted octanol–water partition coefficient (Wildman–Crippen LogP) is 3.13. The Morgan fingerprint density at radius 3 is 2.71 bits per heavy atom. The molecule has 0 bridgehead atoms. The fourth-order valence-electron chi connectivity index (χ4n) is 4.33. The lowest BCUT2D eigenvalue weighted by Crippen LogP contribution is -2.43. The zero-order chi connectivity index (χ0) is 17.1. The average Bonchev–Trinajstić information content (AvgIpc) is 2.62. The number of fused-ring (bicyclic) bond motifs is 1. The van der Waals surface area contributed by atoms with Crippen LogP contribution in [0.4, 0.5) is 4.79 Å². The number of amides is 1. The van der Waals surface area contributed by atoms with Gasteiger partial charge in [0.05, 0.1) is 13.7 Å². The first-order valence-electron chi connectivity index (χ1n) is 8.98. The summed E-state index contributed by atoms with van der Waals surface area (Å²) in [6, 6.07) is 6.23. The lowest BCUT2D eigenvalue weighted by atomic mass is 9.70. The largest absolute Gasteiger partial charge is 0.496 e. The van der Waals surface area contributed by atoms with Gasteiger partial charge in [0.25, 0.3) is 0 Å². The molecule has 5 heteroatoms. The number of carbonyl (C=O) groups excluding carboxylic acids is 1. The minimum Gasteiger partial charge on any atom is -0.496 e. The van der Waals surface area contributed by atoms with Gasteiger partial charge in [-0.05, 0) is 56.1 Å². The fourth-order valence-corrected chi connectivity index (χ4v) is 4.33. The highest BCUT2D eigenvalue weighted by molar-refractivity contribution is 5.67. The highest BCUT2D eigenvalue weighted by Gasteiger charge is 2.36. The van der Waals surface area contributed by atoms with Gasteiger partial charge >= 0.3 is 6.09 Å². The summed E-state index contributed by atoms with van der Waals surface area (Å²) >= 11 is 0. The molecule has 1 amide bonds. The Labute approximate surface area is 144 Å². The summed E-state index contributed by atoms with van der Waals surface area (Å²) in [5, 5.41) is 0. The lowest BCUT2D eigenvalue weighted by Gasteiger charge is -2.41. The van der Waals surface area contributed by atoms with Crippen molar-refractivity contribution in [2.45, 2.75) is 38.6 Å². The van der Waals surface area contributed by atoms with Gasteiger partial charge in [-0.3, -0.25) is 0 Å². The van der Waals surface area contributed by atoms with Crippen LogP contribution < -0.4 is 10.5 Å². The highest BCUT2D eigenvalue weighted by atomic mass is 16.6. The van der Waals surface area contributed by atoms with E-state index in [4.69, 9.17) is 15.2 Å². The van der Waals surface area contributed by atoms with E-state index in [-0.39, 0.29) is 12.1 Å². The number of nitrogens with zero attached hydrogens (tertiary/aromatic N) is 1. The number of likely N-dealkylation sites (tertiary alicyclic amines) is 1. The predicted molar refractivity (Wildman–Crippen MR) is 93.1 cm³/mol. The molecule has 132 valence electrons. The molecule has 3 rings (SSSR count). The van der Waals surface area contributed by atoms with Crippen molar-refractivity contribution in [3.05, 3.63) is 29.3 Å². The molecule has 1 aromatic carbocycles. The average molecular weight is 332 g/mol. The third kappa shape index (κ3) is 3.22. The van der Waals surface area contributed by atoms with E-state index in [1.54, 1.807) is 7.11 Å². The number of hydrogen-bond donors (Lipinski definition) is 1. The summed E-state index contributed by atoms with van der Waals surface area (Å²) in [6.07, 6.45) is 3.99. The number of hydrogen-bond acceptors (Lipinski definition) is 4. The molecule has 2 atom stereocenters. The van der Waals surface area contributed by atoms with Gasteiger partial charge in [0.15, 0.2) is 0 Å². The van der Waals surface area contributed by atoms with E-state index < -0.39 is 0 Å². The van der Waals surface area contributed by atoms with Gasteiger partial charge in [-0.25, -0.2) is 4.79 Å². The van der Waals surface area contributed by atoms with Crippen molar-refractivity contribution in [3.63, 3.8) is 0 Å². The maximum absolute atomic E-state index is 11.9. The van der Waals surface area contributed by atoms with Crippen LogP contribution in [0.2, 0.25) is 0 Å². The topological polar surface area (TPSA) is 64.8 Å². The minimum absolute atomic E-state index is 0.0176. The van der Waals surface area contributed by atoms with Crippen LogP contribution in [0.15, 0.2) is 18.2 Å². The first-order valence-corrected chi connectivity index (χ1v) is 8.98. The quantitative estimate of drug-likeness (QED) is 0.923. The number of carbonyl (C=O) groups is 1. The molecule has 2 aliphatic rings. The van der Waals surface area contributed by atoms with Crippen molar-refractivity contribution in [2.24, 2.45) is 17.6 Å². The molecule has 2 N–H and O–H groups in total. The van der Waals surface area contributed by atoms with Crippen molar-refractivity contribution in [2.75, 3.05) is 26.8 Å². The SMILES string of the molecule is CCOC(=O)N1CCC(C2CCc3cccc(OC)c3C2N)CC1. The van der Waals surface area contributed by atoms with Gasteiger partial charge in [0.1, 0.15) is 5.75 Å². The van der Waals surface area contributed by atoms with Crippen molar-refractivity contribution >= 4 is 6.09 Å². The van der Waals surface area contributed by atoms with Crippen LogP contribution in [0.25, 0.3) is 0 Å². The van der Waals surface area contributed by atoms with E-state index in [0.717, 1.165) is 44.5 Å². The Morgan fingerprint density at radius 1 is 1.29 bits per heavy atom. The molecule has 5 nitrogen and oxygen atoms in total. The molecule has 1 aliphatic carbocycles. The van der Waals surface area contributed by atoms with Crippen LogP contribution in [0.1, 0.15) is 43.4 Å². The molecule has 2 unspecified atom stereocenters. The molecular weight excluding hydrogens is 304 g/mol. The Kier molecular flexibility index (Phi) is 5.29. The van der Waals surface area contributed by atoms with Crippen LogP contribution >= 0.6 is 0 Å². The number of nitrogens with two attached hydrogens (primary N) is 1. The smallest absolute Gasteiger partial charge is 0.409 e. The monoisotopic (exact) mass is 332 g/mol. The van der Waals surface area contributed by atoms with E-state index in [2.05, 4.69) is 6.07 Å². The van der Waals surface area contributed by atoms with Gasteiger partial charge in [-0.2, -0.15) is 0 Å². The van der Waals surface area contributed by atoms with E-state index in [0.29, 0.717) is 18.4 Å². The van der Waals surface area contributed by atoms with E-state index in [1.165, 1.54) is 11.1 Å². The number of methoxy groups -OCH3 is 1. The number of ether oxygens (including phenoxy) is 2. The summed E-state index contributed by atoms with van der Waals surface area (Å²) in [6.45, 7) is 3.82. The molecule has 24 heavy (non-hydrogen) atoms. The van der Waals surface area contributed by atoms with Crippen LogP contribution in [0.5, 0.6) is 5.75 Å². The molecular formula is C19H28N2O3. The second-order valence-corrected chi connectivity index (χ2v) is 6.78. The third-order valence-corrected chi connectivity index (χ3v) is 5.59. The van der Waals surface area contributed by atoms with Gasteiger partial charge < -0.3 is 20.1 Å². The molecule has 0 saturated carbocycles.